The van der Waals surface area contributed by atoms with Crippen molar-refractivity contribution < 1.29 is 42.1 Å². The molecule has 9 nitrogen and oxygen atoms in total. The average Bonchev–Trinajstić information content (AvgIpc) is 3.48. The van der Waals surface area contributed by atoms with E-state index in [-0.39, 0.29) is 81.2 Å². The Bertz CT molecular complexity index is 1450. The Balaban J connectivity index is 1.64. The molecule has 60 heavy (non-hydrogen) atoms. The molecule has 0 saturated carbocycles. The Morgan fingerprint density at radius 3 is 1.97 bits per heavy atom. The van der Waals surface area contributed by atoms with Gasteiger partial charge in [-0.05, 0) is 106 Å². The number of hydrogen-bond acceptors (Lipinski definition) is 9. The molecule has 13 heteroatoms. The average molecular weight is 1010 g/mol. The van der Waals surface area contributed by atoms with Gasteiger partial charge in [0.1, 0.15) is 36.3 Å². The Morgan fingerprint density at radius 2 is 1.42 bits per heavy atom. The van der Waals surface area contributed by atoms with Gasteiger partial charge in [0.05, 0.1) is 42.4 Å². The van der Waals surface area contributed by atoms with Crippen LogP contribution in [0.15, 0.2) is 24.5 Å². The fourth-order valence-electron chi connectivity index (χ4n) is 8.40. The zero-order valence-electron chi connectivity index (χ0n) is 40.7. The number of aliphatic hydroxyl groups is 1. The van der Waals surface area contributed by atoms with Crippen LogP contribution in [0.1, 0.15) is 133 Å². The van der Waals surface area contributed by atoms with Crippen molar-refractivity contribution in [3.05, 3.63) is 24.5 Å². The van der Waals surface area contributed by atoms with Gasteiger partial charge in [0.2, 0.25) is 0 Å². The summed E-state index contributed by atoms with van der Waals surface area (Å²) in [6.07, 6.45) is 12.1. The van der Waals surface area contributed by atoms with E-state index in [2.05, 4.69) is 143 Å². The summed E-state index contributed by atoms with van der Waals surface area (Å²) in [5.41, 5.74) is -0.267. The molecule has 0 radical (unpaired) electrons. The van der Waals surface area contributed by atoms with Gasteiger partial charge in [-0.2, -0.15) is 0 Å². The first kappa shape index (κ1) is 52.7. The largest absolute Gasteiger partial charge is 0.513 e. The first-order valence-electron chi connectivity index (χ1n) is 23.2. The monoisotopic (exact) mass is 1010 g/mol. The first-order valence-corrected chi connectivity index (χ1v) is 33.4. The molecule has 4 aliphatic rings. The summed E-state index contributed by atoms with van der Waals surface area (Å²) < 4.78 is 51.1. The summed E-state index contributed by atoms with van der Waals surface area (Å²) in [6, 6.07) is 0. The Morgan fingerprint density at radius 1 is 0.833 bits per heavy atom. The van der Waals surface area contributed by atoms with Crippen molar-refractivity contribution in [2.75, 3.05) is 4.43 Å². The van der Waals surface area contributed by atoms with E-state index in [9.17, 15) is 9.90 Å². The summed E-state index contributed by atoms with van der Waals surface area (Å²) in [6.45, 7) is 40.3. The van der Waals surface area contributed by atoms with Crippen LogP contribution in [0.4, 0.5) is 0 Å². The summed E-state index contributed by atoms with van der Waals surface area (Å²) >= 11 is 2.48. The number of carbonyl (C=O) groups is 1. The predicted molar refractivity (Wildman–Crippen MR) is 261 cm³/mol. The van der Waals surface area contributed by atoms with E-state index < -0.39 is 37.2 Å². The quantitative estimate of drug-likeness (QED) is 0.0274. The SMILES string of the molecule is C=C(O)[C@H](C)CC1CC[C@@H]2OC(CCC/C=C/[C@H](O[Si](C)(C)C(C)(C)C)[C@@H]3O[C@H]4CCC(CC=O)O[C@@H]4C(O[Si](C)(C)C(C)(C)C)C3O[Si](C)(C)C(C)(C)C)CC2(CI)O1. The molecule has 348 valence electrons. The van der Waals surface area contributed by atoms with Crippen molar-refractivity contribution in [3.63, 3.8) is 0 Å². The van der Waals surface area contributed by atoms with Crippen LogP contribution in [0, 0.1) is 5.92 Å². The molecule has 0 aliphatic carbocycles. The topological polar surface area (TPSA) is 102 Å². The molecule has 4 aliphatic heterocycles. The number of carbonyl (C=O) groups excluding carboxylic acids is 1. The number of unbranched alkanes of at least 4 members (excludes halogenated alkanes) is 1. The molecule has 0 aromatic rings. The van der Waals surface area contributed by atoms with E-state index in [1.165, 1.54) is 0 Å². The zero-order valence-corrected chi connectivity index (χ0v) is 45.8. The van der Waals surface area contributed by atoms with Crippen LogP contribution in [0.5, 0.6) is 0 Å². The molecule has 0 aromatic heterocycles. The van der Waals surface area contributed by atoms with Gasteiger partial charge in [0.25, 0.3) is 0 Å². The lowest BCUT2D eigenvalue weighted by molar-refractivity contribution is -0.266. The second-order valence-electron chi connectivity index (χ2n) is 23.3. The molecule has 12 atom stereocenters. The van der Waals surface area contributed by atoms with E-state index in [4.69, 9.17) is 32.2 Å². The van der Waals surface area contributed by atoms with E-state index in [1.54, 1.807) is 0 Å². The normalized spacial score (nSPS) is 33.3. The molecule has 0 aromatic carbocycles. The van der Waals surface area contributed by atoms with E-state index in [0.29, 0.717) is 6.42 Å². The third-order valence-corrected chi connectivity index (χ3v) is 30.2. The minimum Gasteiger partial charge on any atom is -0.513 e. The maximum atomic E-state index is 11.8. The minimum atomic E-state index is -2.39. The lowest BCUT2D eigenvalue weighted by Gasteiger charge is -2.56. The highest BCUT2D eigenvalue weighted by molar-refractivity contribution is 14.1. The van der Waals surface area contributed by atoms with Crippen molar-refractivity contribution in [3.8, 4) is 0 Å². The smallest absolute Gasteiger partial charge is 0.193 e. The number of alkyl halides is 1. The molecule has 0 spiro atoms. The number of rotatable bonds is 18. The van der Waals surface area contributed by atoms with Crippen LogP contribution in [0.3, 0.4) is 0 Å². The third-order valence-electron chi connectivity index (χ3n) is 15.5. The zero-order chi connectivity index (χ0) is 45.3. The van der Waals surface area contributed by atoms with Crippen LogP contribution in [-0.2, 0) is 37.0 Å². The van der Waals surface area contributed by atoms with Gasteiger partial charge < -0.3 is 42.1 Å². The van der Waals surface area contributed by atoms with E-state index in [1.807, 2.05) is 6.92 Å². The summed E-state index contributed by atoms with van der Waals surface area (Å²) in [5, 5.41) is 9.85. The predicted octanol–water partition coefficient (Wildman–Crippen LogP) is 12.4. The van der Waals surface area contributed by atoms with Crippen molar-refractivity contribution in [2.45, 2.75) is 254 Å². The van der Waals surface area contributed by atoms with Crippen LogP contribution in [-0.4, -0.2) is 107 Å². The third kappa shape index (κ3) is 12.7. The Labute approximate surface area is 383 Å². The molecule has 4 rings (SSSR count). The molecule has 4 saturated heterocycles. The lowest BCUT2D eigenvalue weighted by Crippen LogP contribution is -2.69. The van der Waals surface area contributed by atoms with Crippen molar-refractivity contribution in [1.82, 2.24) is 0 Å². The highest BCUT2D eigenvalue weighted by atomic mass is 127. The van der Waals surface area contributed by atoms with Gasteiger partial charge in [-0.15, -0.1) is 0 Å². The summed E-state index contributed by atoms with van der Waals surface area (Å²) in [7, 11) is -7.06. The number of aliphatic hydroxyl groups excluding tert-OH is 1. The van der Waals surface area contributed by atoms with Gasteiger partial charge in [-0.25, -0.2) is 0 Å². The Hall–Kier alpha value is 0.0506. The molecule has 4 fully saturated rings. The van der Waals surface area contributed by atoms with Crippen LogP contribution in [0.2, 0.25) is 54.4 Å². The van der Waals surface area contributed by atoms with Gasteiger partial charge in [-0.3, -0.25) is 0 Å². The molecular weight excluding hydrogens is 920 g/mol. The fraction of sp³-hybridized carbons (Fsp3) is 0.894. The van der Waals surface area contributed by atoms with E-state index in [0.717, 1.165) is 68.5 Å². The lowest BCUT2D eigenvalue weighted by atomic mass is 9.85. The number of allylic oxidation sites excluding steroid dienone is 2. The number of aldehydes is 1. The van der Waals surface area contributed by atoms with E-state index >= 15 is 0 Å². The Kier molecular flexibility index (Phi) is 17.8. The van der Waals surface area contributed by atoms with Gasteiger partial charge >= 0.3 is 0 Å². The second-order valence-corrected chi connectivity index (χ2v) is 38.4. The minimum absolute atomic E-state index is 0.0183. The van der Waals surface area contributed by atoms with Crippen LogP contribution < -0.4 is 0 Å². The van der Waals surface area contributed by atoms with Gasteiger partial charge in [0.15, 0.2) is 25.0 Å². The molecule has 4 heterocycles. The van der Waals surface area contributed by atoms with Crippen LogP contribution in [0.25, 0.3) is 0 Å². The number of hydrogen-bond donors (Lipinski definition) is 1. The second kappa shape index (κ2) is 20.3. The maximum absolute atomic E-state index is 11.8. The summed E-state index contributed by atoms with van der Waals surface area (Å²) in [4.78, 5) is 11.8. The molecule has 1 N–H and O–H groups in total. The fourth-order valence-corrected chi connectivity index (χ4v) is 13.2. The molecular formula is C47H87IO9Si3. The first-order chi connectivity index (χ1) is 27.5. The highest BCUT2D eigenvalue weighted by Gasteiger charge is 2.58. The molecule has 0 amide bonds. The number of fused-ring (bicyclic) bond motifs is 2. The molecule has 6 unspecified atom stereocenters. The summed E-state index contributed by atoms with van der Waals surface area (Å²) in [5.74, 6) is 0.257. The van der Waals surface area contributed by atoms with Crippen molar-refractivity contribution in [1.29, 1.82) is 0 Å². The van der Waals surface area contributed by atoms with Gasteiger partial charge in [0, 0.05) is 23.2 Å². The molecule has 0 bridgehead atoms. The highest BCUT2D eigenvalue weighted by Crippen LogP contribution is 2.48. The van der Waals surface area contributed by atoms with Crippen molar-refractivity contribution in [2.24, 2.45) is 5.92 Å². The standard InChI is InChI=1S/C47H87IO9Si3/c1-32(33(2)50)29-35-24-26-39-47(31-48,54-35)30-36(51-39)21-19-18-20-22-38(55-58(12,13)44(3,4)5)41-43(57-60(16,17)46(9,10)11)42(56-59(14,15)45(6,7)8)40-37(53-41)25-23-34(52-40)27-28-49/h20,22,28,32,34-43,50H,2,18-19,21,23-27,29-31H2,1,3-17H3/b22-20+/t32-,34?,35?,36?,37+,38+,39+,40+,41+,42?,43?,47?/m1/s1. The van der Waals surface area contributed by atoms with Gasteiger partial charge in [-0.1, -0.05) is 111 Å². The number of halogens is 1. The maximum Gasteiger partial charge on any atom is 0.193 e. The van der Waals surface area contributed by atoms with Crippen molar-refractivity contribution >= 4 is 53.8 Å². The van der Waals surface area contributed by atoms with Crippen LogP contribution >= 0.6 is 22.6 Å². The number of ether oxygens (including phenoxy) is 4.